The van der Waals surface area contributed by atoms with Crippen molar-refractivity contribution in [1.29, 1.82) is 0 Å². The molecule has 7 nitrogen and oxygen atoms in total. The summed E-state index contributed by atoms with van der Waals surface area (Å²) in [5.74, 6) is 0.323. The van der Waals surface area contributed by atoms with E-state index in [-0.39, 0.29) is 17.9 Å². The predicted molar refractivity (Wildman–Crippen MR) is 96.9 cm³/mol. The molecule has 1 fully saturated rings. The highest BCUT2D eigenvalue weighted by Gasteiger charge is 2.26. The van der Waals surface area contributed by atoms with Gasteiger partial charge in [-0.3, -0.25) is 9.69 Å². The topological polar surface area (TPSA) is 84.6 Å². The van der Waals surface area contributed by atoms with Gasteiger partial charge in [-0.1, -0.05) is 0 Å². The summed E-state index contributed by atoms with van der Waals surface area (Å²) in [4.78, 5) is 24.6. The third kappa shape index (κ3) is 4.97. The molecular weight excluding hydrogens is 338 g/mol. The summed E-state index contributed by atoms with van der Waals surface area (Å²) in [6.07, 6.45) is 3.74. The van der Waals surface area contributed by atoms with E-state index < -0.39 is 0 Å². The maximum Gasteiger partial charge on any atom is 0.224 e. The molecule has 134 valence electrons. The maximum absolute atomic E-state index is 12.6. The number of hydrogen-bond donors (Lipinski definition) is 1. The molecule has 2 N–H and O–H groups in total. The Kier molecular flexibility index (Phi) is 5.95. The number of hydrogen-bond acceptors (Lipinski definition) is 7. The van der Waals surface area contributed by atoms with Gasteiger partial charge in [-0.15, -0.1) is 0 Å². The smallest absolute Gasteiger partial charge is 0.224 e. The van der Waals surface area contributed by atoms with Crippen molar-refractivity contribution in [3.05, 3.63) is 40.3 Å². The quantitative estimate of drug-likeness (QED) is 0.836. The normalized spacial score (nSPS) is 18.2. The second-order valence-corrected chi connectivity index (χ2v) is 7.01. The Balaban J connectivity index is 1.56. The lowest BCUT2D eigenvalue weighted by molar-refractivity contribution is -0.133. The molecule has 2 aromatic heterocycles. The van der Waals surface area contributed by atoms with E-state index in [0.29, 0.717) is 26.2 Å². The van der Waals surface area contributed by atoms with Crippen LogP contribution in [0.5, 0.6) is 0 Å². The Morgan fingerprint density at radius 1 is 1.44 bits per heavy atom. The molecule has 8 heteroatoms. The number of carbonyl (C=O) groups excluding carboxylic acids is 1. The number of anilines is 1. The van der Waals surface area contributed by atoms with Gasteiger partial charge in [0.1, 0.15) is 0 Å². The number of nitrogens with zero attached hydrogens (tertiary/aromatic N) is 4. The van der Waals surface area contributed by atoms with E-state index in [0.717, 1.165) is 18.7 Å². The average Bonchev–Trinajstić information content (AvgIpc) is 3.11. The fourth-order valence-electron chi connectivity index (χ4n) is 2.87. The zero-order valence-electron chi connectivity index (χ0n) is 14.3. The minimum absolute atomic E-state index is 0.0858. The largest absolute Gasteiger partial charge is 0.378 e. The Bertz CT molecular complexity index is 677. The third-order valence-corrected chi connectivity index (χ3v) is 5.03. The van der Waals surface area contributed by atoms with Crippen LogP contribution in [-0.2, 0) is 22.6 Å². The molecule has 1 saturated heterocycles. The summed E-state index contributed by atoms with van der Waals surface area (Å²) >= 11 is 1.70. The van der Waals surface area contributed by atoms with Gasteiger partial charge in [0.25, 0.3) is 0 Å². The number of nitrogens with two attached hydrogens (primary N) is 1. The molecule has 0 saturated carbocycles. The van der Waals surface area contributed by atoms with Crippen LogP contribution >= 0.6 is 11.3 Å². The molecule has 0 spiro atoms. The van der Waals surface area contributed by atoms with Gasteiger partial charge in [0.05, 0.1) is 13.2 Å². The van der Waals surface area contributed by atoms with Crippen molar-refractivity contribution in [2.24, 2.45) is 0 Å². The maximum atomic E-state index is 12.6. The summed E-state index contributed by atoms with van der Waals surface area (Å²) in [7, 11) is 1.80. The summed E-state index contributed by atoms with van der Waals surface area (Å²) < 4.78 is 5.60. The average molecular weight is 361 g/mol. The van der Waals surface area contributed by atoms with E-state index >= 15 is 0 Å². The standard InChI is InChI=1S/C17H23N5O2S/c1-21(9-14-7-19-17(18)20-8-14)16(23)6-15-11-24-4-3-22(15)10-13-2-5-25-12-13/h2,5,7-8,12,15H,3-4,6,9-11H2,1H3,(H2,18,19,20). The molecule has 25 heavy (non-hydrogen) atoms. The highest BCUT2D eigenvalue weighted by molar-refractivity contribution is 7.07. The van der Waals surface area contributed by atoms with Crippen LogP contribution in [0.4, 0.5) is 5.95 Å². The Morgan fingerprint density at radius 3 is 2.96 bits per heavy atom. The van der Waals surface area contributed by atoms with Crippen LogP contribution in [0.25, 0.3) is 0 Å². The zero-order chi connectivity index (χ0) is 17.6. The Labute approximate surface area is 151 Å². The fourth-order valence-corrected chi connectivity index (χ4v) is 3.53. The van der Waals surface area contributed by atoms with Crippen molar-refractivity contribution >= 4 is 23.2 Å². The Morgan fingerprint density at radius 2 is 2.24 bits per heavy atom. The summed E-state index contributed by atoms with van der Waals surface area (Å²) in [5.41, 5.74) is 7.64. The predicted octanol–water partition coefficient (Wildman–Crippen LogP) is 1.37. The van der Waals surface area contributed by atoms with Crippen molar-refractivity contribution in [2.45, 2.75) is 25.6 Å². The summed E-state index contributed by atoms with van der Waals surface area (Å²) in [5, 5.41) is 4.24. The van der Waals surface area contributed by atoms with Gasteiger partial charge in [-0.05, 0) is 22.4 Å². The van der Waals surface area contributed by atoms with Gasteiger partial charge in [0.15, 0.2) is 0 Å². The van der Waals surface area contributed by atoms with Crippen molar-refractivity contribution in [3.8, 4) is 0 Å². The Hall–Kier alpha value is -2.03. The van der Waals surface area contributed by atoms with Gasteiger partial charge < -0.3 is 15.4 Å². The van der Waals surface area contributed by atoms with Crippen LogP contribution in [-0.4, -0.2) is 58.5 Å². The summed E-state index contributed by atoms with van der Waals surface area (Å²) in [6, 6.07) is 2.23. The van der Waals surface area contributed by atoms with Crippen molar-refractivity contribution in [2.75, 3.05) is 32.5 Å². The molecule has 1 unspecified atom stereocenters. The molecule has 1 amide bonds. The second kappa shape index (κ2) is 8.37. The highest BCUT2D eigenvalue weighted by atomic mass is 32.1. The van der Waals surface area contributed by atoms with E-state index in [9.17, 15) is 4.79 Å². The SMILES string of the molecule is CN(Cc1cnc(N)nc1)C(=O)CC1COCCN1Cc1ccsc1. The van der Waals surface area contributed by atoms with Crippen LogP contribution in [0.15, 0.2) is 29.2 Å². The van der Waals surface area contributed by atoms with Gasteiger partial charge in [0, 0.05) is 57.1 Å². The lowest BCUT2D eigenvalue weighted by Gasteiger charge is -2.35. The molecule has 0 bridgehead atoms. The monoisotopic (exact) mass is 361 g/mol. The number of amides is 1. The first-order valence-electron chi connectivity index (χ1n) is 8.25. The molecule has 0 radical (unpaired) electrons. The van der Waals surface area contributed by atoms with E-state index in [1.165, 1.54) is 5.56 Å². The summed E-state index contributed by atoms with van der Waals surface area (Å²) in [6.45, 7) is 3.49. The van der Waals surface area contributed by atoms with E-state index in [1.807, 2.05) is 0 Å². The van der Waals surface area contributed by atoms with Crippen molar-refractivity contribution < 1.29 is 9.53 Å². The van der Waals surface area contributed by atoms with Gasteiger partial charge in [0.2, 0.25) is 11.9 Å². The molecule has 1 aliphatic rings. The number of aromatic nitrogens is 2. The van der Waals surface area contributed by atoms with Gasteiger partial charge in [-0.2, -0.15) is 11.3 Å². The number of rotatable bonds is 6. The first kappa shape index (κ1) is 17.8. The molecule has 0 aromatic carbocycles. The van der Waals surface area contributed by atoms with E-state index in [2.05, 4.69) is 31.7 Å². The van der Waals surface area contributed by atoms with Crippen LogP contribution < -0.4 is 5.73 Å². The zero-order valence-corrected chi connectivity index (χ0v) is 15.1. The van der Waals surface area contributed by atoms with E-state index in [4.69, 9.17) is 10.5 Å². The number of nitrogen functional groups attached to an aromatic ring is 1. The van der Waals surface area contributed by atoms with Crippen molar-refractivity contribution in [1.82, 2.24) is 19.8 Å². The van der Waals surface area contributed by atoms with Crippen molar-refractivity contribution in [3.63, 3.8) is 0 Å². The molecule has 1 atom stereocenters. The molecule has 2 aromatic rings. The second-order valence-electron chi connectivity index (χ2n) is 6.23. The first-order valence-corrected chi connectivity index (χ1v) is 9.19. The molecule has 3 rings (SSSR count). The molecule has 3 heterocycles. The molecular formula is C17H23N5O2S. The van der Waals surface area contributed by atoms with Crippen LogP contribution in [0.1, 0.15) is 17.5 Å². The van der Waals surface area contributed by atoms with Crippen LogP contribution in [0.2, 0.25) is 0 Å². The molecule has 1 aliphatic heterocycles. The minimum Gasteiger partial charge on any atom is -0.378 e. The third-order valence-electron chi connectivity index (χ3n) is 4.30. The lowest BCUT2D eigenvalue weighted by Crippen LogP contribution is -2.47. The van der Waals surface area contributed by atoms with Gasteiger partial charge >= 0.3 is 0 Å². The number of morpholine rings is 1. The fraction of sp³-hybridized carbons (Fsp3) is 0.471. The highest BCUT2D eigenvalue weighted by Crippen LogP contribution is 2.17. The van der Waals surface area contributed by atoms with E-state index in [1.54, 1.807) is 35.7 Å². The van der Waals surface area contributed by atoms with Crippen LogP contribution in [0, 0.1) is 0 Å². The van der Waals surface area contributed by atoms with Gasteiger partial charge in [-0.25, -0.2) is 9.97 Å². The molecule has 0 aliphatic carbocycles. The lowest BCUT2D eigenvalue weighted by atomic mass is 10.1. The van der Waals surface area contributed by atoms with Crippen LogP contribution in [0.3, 0.4) is 0 Å². The first-order chi connectivity index (χ1) is 12.1. The number of thiophene rings is 1. The number of carbonyl (C=O) groups is 1. The number of ether oxygens (including phenoxy) is 1. The minimum atomic E-state index is 0.0858.